The average Bonchev–Trinajstić information content (AvgIpc) is 2.42. The van der Waals surface area contributed by atoms with Crippen molar-refractivity contribution in [2.75, 3.05) is 0 Å². The number of rotatable bonds is 1. The predicted molar refractivity (Wildman–Crippen MR) is 44.4 cm³/mol. The maximum Gasteiger partial charge on any atom is 0.347 e. The lowest BCUT2D eigenvalue weighted by Crippen LogP contribution is -3.08. The quantitative estimate of drug-likeness (QED) is 0.255. The van der Waals surface area contributed by atoms with Crippen LogP contribution in [0.3, 0.4) is 0 Å². The second-order valence-corrected chi connectivity index (χ2v) is 2.80. The summed E-state index contributed by atoms with van der Waals surface area (Å²) >= 11 is 0. The summed E-state index contributed by atoms with van der Waals surface area (Å²) in [7, 11) is 0. The normalized spacial score (nSPS) is 16.4. The van der Waals surface area contributed by atoms with Crippen LogP contribution in [0.4, 0.5) is 5.69 Å². The van der Waals surface area contributed by atoms with Gasteiger partial charge in [-0.3, -0.25) is 5.17 Å². The van der Waals surface area contributed by atoms with Crippen LogP contribution in [0.5, 0.6) is 0 Å². The number of hydrogen-bond acceptors (Lipinski definition) is 5. The zero-order valence-electron chi connectivity index (χ0n) is 6.94. The van der Waals surface area contributed by atoms with Gasteiger partial charge in [0.15, 0.2) is 5.69 Å². The molecule has 0 saturated heterocycles. The highest BCUT2D eigenvalue weighted by Gasteiger charge is 2.30. The molecule has 0 spiro atoms. The van der Waals surface area contributed by atoms with Gasteiger partial charge in [-0.05, 0) is 6.07 Å². The standard InChI is InChI=1S/C8H6N2O4/c9-10(13)4-1-2-5-6(3-4)8(12)14-7(5)11/h1-3,10H,9H2. The van der Waals surface area contributed by atoms with Crippen LogP contribution in [-0.4, -0.2) is 11.9 Å². The zero-order chi connectivity index (χ0) is 10.3. The Balaban J connectivity index is 2.55. The number of esters is 2. The van der Waals surface area contributed by atoms with E-state index in [0.29, 0.717) is 0 Å². The summed E-state index contributed by atoms with van der Waals surface area (Å²) in [6.45, 7) is 0. The first-order valence-electron chi connectivity index (χ1n) is 3.80. The molecule has 0 aliphatic carbocycles. The van der Waals surface area contributed by atoms with Crippen molar-refractivity contribution in [2.45, 2.75) is 0 Å². The smallest absolute Gasteiger partial charge is 0.347 e. The Morgan fingerprint density at radius 3 is 2.50 bits per heavy atom. The van der Waals surface area contributed by atoms with Gasteiger partial charge in [0.1, 0.15) is 0 Å². The van der Waals surface area contributed by atoms with Crippen LogP contribution in [0.15, 0.2) is 18.2 Å². The van der Waals surface area contributed by atoms with Crippen LogP contribution in [0, 0.1) is 5.21 Å². The Morgan fingerprint density at radius 2 is 1.86 bits per heavy atom. The second-order valence-electron chi connectivity index (χ2n) is 2.80. The molecule has 0 radical (unpaired) electrons. The molecule has 1 aromatic rings. The molecule has 72 valence electrons. The van der Waals surface area contributed by atoms with Gasteiger partial charge in [0.05, 0.1) is 11.1 Å². The molecule has 0 saturated carbocycles. The number of ether oxygens (including phenoxy) is 1. The molecule has 1 aromatic carbocycles. The molecule has 0 amide bonds. The van der Waals surface area contributed by atoms with Crippen LogP contribution in [-0.2, 0) is 4.74 Å². The summed E-state index contributed by atoms with van der Waals surface area (Å²) in [6.07, 6.45) is 0. The third-order valence-corrected chi connectivity index (χ3v) is 1.93. The minimum absolute atomic E-state index is 0.0892. The minimum Gasteiger partial charge on any atom is -0.608 e. The van der Waals surface area contributed by atoms with Gasteiger partial charge in [-0.2, -0.15) is 5.84 Å². The van der Waals surface area contributed by atoms with E-state index in [1.165, 1.54) is 18.2 Å². The van der Waals surface area contributed by atoms with Gasteiger partial charge in [0.25, 0.3) is 0 Å². The van der Waals surface area contributed by atoms with E-state index >= 15 is 0 Å². The van der Waals surface area contributed by atoms with Crippen LogP contribution >= 0.6 is 0 Å². The van der Waals surface area contributed by atoms with Crippen LogP contribution < -0.4 is 11.0 Å². The van der Waals surface area contributed by atoms with E-state index in [2.05, 4.69) is 4.74 Å². The Kier molecular flexibility index (Phi) is 1.81. The Labute approximate surface area is 78.4 Å². The molecule has 1 atom stereocenters. The number of hydrogen-bond donors (Lipinski definition) is 2. The number of carbonyl (C=O) groups is 2. The molecule has 0 fully saturated rings. The van der Waals surface area contributed by atoms with Crippen molar-refractivity contribution in [3.8, 4) is 0 Å². The number of nitrogen functional groups attached to an aromatic ring is 1. The number of cyclic esters (lactones) is 2. The third kappa shape index (κ3) is 1.18. The highest BCUT2D eigenvalue weighted by molar-refractivity contribution is 6.14. The van der Waals surface area contributed by atoms with E-state index in [4.69, 9.17) is 5.84 Å². The lowest BCUT2D eigenvalue weighted by molar-refractivity contribution is -0.789. The van der Waals surface area contributed by atoms with E-state index < -0.39 is 17.1 Å². The summed E-state index contributed by atoms with van der Waals surface area (Å²) < 4.78 is 4.34. The molecule has 1 aliphatic heterocycles. The SMILES string of the molecule is N[NH+]([O-])c1ccc2c(c1)C(=O)OC2=O. The number of carbonyl (C=O) groups excluding carboxylic acids is 2. The molecule has 0 aromatic heterocycles. The lowest BCUT2D eigenvalue weighted by atomic mass is 10.1. The average molecular weight is 194 g/mol. The fourth-order valence-electron chi connectivity index (χ4n) is 1.24. The summed E-state index contributed by atoms with van der Waals surface area (Å²) in [4.78, 5) is 22.1. The molecular formula is C8H6N2O4. The highest BCUT2D eigenvalue weighted by Crippen LogP contribution is 2.21. The summed E-state index contributed by atoms with van der Waals surface area (Å²) in [6, 6.07) is 3.98. The number of benzene rings is 1. The molecule has 2 rings (SSSR count). The van der Waals surface area contributed by atoms with Crippen LogP contribution in [0.1, 0.15) is 20.7 Å². The Hall–Kier alpha value is -1.76. The van der Waals surface area contributed by atoms with Gasteiger partial charge in [0.2, 0.25) is 0 Å². The fourth-order valence-corrected chi connectivity index (χ4v) is 1.24. The van der Waals surface area contributed by atoms with Crippen molar-refractivity contribution in [3.05, 3.63) is 34.5 Å². The molecule has 0 bridgehead atoms. The van der Waals surface area contributed by atoms with Gasteiger partial charge in [0, 0.05) is 12.1 Å². The molecule has 14 heavy (non-hydrogen) atoms. The van der Waals surface area contributed by atoms with Crippen molar-refractivity contribution in [1.29, 1.82) is 0 Å². The molecule has 1 unspecified atom stereocenters. The van der Waals surface area contributed by atoms with E-state index in [1.54, 1.807) is 0 Å². The van der Waals surface area contributed by atoms with Crippen molar-refractivity contribution in [2.24, 2.45) is 5.84 Å². The lowest BCUT2D eigenvalue weighted by Gasteiger charge is -2.13. The monoisotopic (exact) mass is 194 g/mol. The van der Waals surface area contributed by atoms with Crippen LogP contribution in [0.2, 0.25) is 0 Å². The minimum atomic E-state index is -0.742. The highest BCUT2D eigenvalue weighted by atomic mass is 16.6. The maximum absolute atomic E-state index is 11.1. The maximum atomic E-state index is 11.1. The molecule has 1 heterocycles. The van der Waals surface area contributed by atoms with Crippen LogP contribution in [0.25, 0.3) is 0 Å². The Bertz CT molecular complexity index is 427. The van der Waals surface area contributed by atoms with Gasteiger partial charge in [-0.1, -0.05) is 0 Å². The van der Waals surface area contributed by atoms with Gasteiger partial charge in [-0.25, -0.2) is 9.59 Å². The number of fused-ring (bicyclic) bond motifs is 1. The first kappa shape index (κ1) is 8.82. The van der Waals surface area contributed by atoms with Gasteiger partial charge >= 0.3 is 11.9 Å². The molecular weight excluding hydrogens is 188 g/mol. The summed E-state index contributed by atoms with van der Waals surface area (Å²) in [5.41, 5.74) is 0.432. The van der Waals surface area contributed by atoms with Crippen molar-refractivity contribution >= 4 is 17.6 Å². The van der Waals surface area contributed by atoms with Crippen molar-refractivity contribution in [3.63, 3.8) is 0 Å². The number of quaternary nitrogens is 1. The molecule has 6 nitrogen and oxygen atoms in total. The predicted octanol–water partition coefficient (Wildman–Crippen LogP) is -1.11. The van der Waals surface area contributed by atoms with Gasteiger partial charge in [-0.15, -0.1) is 0 Å². The van der Waals surface area contributed by atoms with Gasteiger partial charge < -0.3 is 9.94 Å². The first-order valence-corrected chi connectivity index (χ1v) is 3.80. The Morgan fingerprint density at radius 1 is 1.21 bits per heavy atom. The van der Waals surface area contributed by atoms with E-state index in [9.17, 15) is 14.8 Å². The number of nitrogens with two attached hydrogens (primary N) is 1. The summed E-state index contributed by atoms with van der Waals surface area (Å²) in [5.74, 6) is 3.58. The second kappa shape index (κ2) is 2.88. The van der Waals surface area contributed by atoms with E-state index in [1.807, 2.05) is 0 Å². The van der Waals surface area contributed by atoms with Crippen molar-refractivity contribution < 1.29 is 19.5 Å². The first-order chi connectivity index (χ1) is 6.59. The van der Waals surface area contributed by atoms with E-state index in [0.717, 1.165) is 0 Å². The topological polar surface area (TPSA) is 96.9 Å². The summed E-state index contributed by atoms with van der Waals surface area (Å²) in [5, 5.41) is 10.1. The zero-order valence-corrected chi connectivity index (χ0v) is 6.94. The van der Waals surface area contributed by atoms with E-state index in [-0.39, 0.29) is 16.8 Å². The fraction of sp³-hybridized carbons (Fsp3) is 0. The third-order valence-electron chi connectivity index (χ3n) is 1.93. The molecule has 3 N–H and O–H groups in total. The molecule has 1 aliphatic rings. The van der Waals surface area contributed by atoms with Crippen molar-refractivity contribution in [1.82, 2.24) is 0 Å². The molecule has 6 heteroatoms. The largest absolute Gasteiger partial charge is 0.608 e. The number of nitrogens with one attached hydrogen (secondary N) is 1.